The Morgan fingerprint density at radius 1 is 1.03 bits per heavy atom. The van der Waals surface area contributed by atoms with Gasteiger partial charge in [0.2, 0.25) is 0 Å². The maximum Gasteiger partial charge on any atom is 0.267 e. The molecule has 0 radical (unpaired) electrons. The lowest BCUT2D eigenvalue weighted by Gasteiger charge is -2.11. The van der Waals surface area contributed by atoms with E-state index in [4.69, 9.17) is 0 Å². The Balaban J connectivity index is 1.45. The molecule has 6 nitrogen and oxygen atoms in total. The Morgan fingerprint density at radius 3 is 2.66 bits per heavy atom. The first-order chi connectivity index (χ1) is 15.6. The van der Waals surface area contributed by atoms with E-state index in [-0.39, 0.29) is 5.56 Å². The second-order valence-corrected chi connectivity index (χ2v) is 7.40. The van der Waals surface area contributed by atoms with Gasteiger partial charge >= 0.3 is 0 Å². The van der Waals surface area contributed by atoms with E-state index in [2.05, 4.69) is 21.7 Å². The number of fused-ring (bicyclic) bond motifs is 1. The lowest BCUT2D eigenvalue weighted by atomic mass is 10.1. The van der Waals surface area contributed by atoms with E-state index in [1.165, 1.54) is 34.9 Å². The van der Waals surface area contributed by atoms with Crippen molar-refractivity contribution in [2.45, 2.75) is 0 Å². The van der Waals surface area contributed by atoms with Crippen molar-refractivity contribution in [1.29, 1.82) is 0 Å². The van der Waals surface area contributed by atoms with E-state index in [1.54, 1.807) is 18.3 Å². The van der Waals surface area contributed by atoms with Crippen LogP contribution in [0.3, 0.4) is 0 Å². The Bertz CT molecular complexity index is 1390. The van der Waals surface area contributed by atoms with Crippen molar-refractivity contribution in [2.75, 3.05) is 17.2 Å². The average Bonchev–Trinajstić information content (AvgIpc) is 3.46. The summed E-state index contributed by atoms with van der Waals surface area (Å²) >= 11 is 0. The number of halogens is 1. The number of amides is 1. The summed E-state index contributed by atoms with van der Waals surface area (Å²) in [7, 11) is 0. The van der Waals surface area contributed by atoms with Crippen molar-refractivity contribution in [2.24, 2.45) is 0 Å². The monoisotopic (exact) mass is 426 g/mol. The number of benzene rings is 2. The van der Waals surface area contributed by atoms with Gasteiger partial charge in [0.15, 0.2) is 0 Å². The summed E-state index contributed by atoms with van der Waals surface area (Å²) < 4.78 is 14.6. The van der Waals surface area contributed by atoms with Crippen LogP contribution in [0.4, 0.5) is 15.8 Å². The van der Waals surface area contributed by atoms with Gasteiger partial charge in [-0.2, -0.15) is 0 Å². The summed E-state index contributed by atoms with van der Waals surface area (Å²) in [6.45, 7) is 0.629. The van der Waals surface area contributed by atoms with E-state index in [1.807, 2.05) is 30.5 Å². The molecule has 5 rings (SSSR count). The smallest absolute Gasteiger partial charge is 0.267 e. The molecule has 0 unspecified atom stereocenters. The van der Waals surface area contributed by atoms with Crippen molar-refractivity contribution in [3.8, 4) is 5.69 Å². The number of aromatic nitrogens is 2. The van der Waals surface area contributed by atoms with Crippen molar-refractivity contribution < 1.29 is 9.18 Å². The number of carbonyl (C=O) groups excluding carboxylic acids is 1. The van der Waals surface area contributed by atoms with Gasteiger partial charge < -0.3 is 15.6 Å². The Hall–Kier alpha value is -4.39. The van der Waals surface area contributed by atoms with Crippen LogP contribution in [0.2, 0.25) is 0 Å². The largest absolute Gasteiger partial charge is 0.379 e. The van der Waals surface area contributed by atoms with Crippen LogP contribution in [0, 0.1) is 5.82 Å². The lowest BCUT2D eigenvalue weighted by Crippen LogP contribution is -2.28. The fourth-order valence-corrected chi connectivity index (χ4v) is 3.81. The van der Waals surface area contributed by atoms with Crippen LogP contribution in [-0.4, -0.2) is 22.0 Å². The fraction of sp³-hybridized carbons (Fsp3) is 0.0400. The lowest BCUT2D eigenvalue weighted by molar-refractivity contribution is 0.102. The molecule has 0 saturated carbocycles. The Morgan fingerprint density at radius 2 is 1.88 bits per heavy atom. The molecule has 0 spiro atoms. The Labute approximate surface area is 183 Å². The number of hydrogen-bond donors (Lipinski definition) is 3. The first-order valence-electron chi connectivity index (χ1n) is 10.1. The zero-order valence-corrected chi connectivity index (χ0v) is 16.9. The van der Waals surface area contributed by atoms with Gasteiger partial charge in [0.05, 0.1) is 11.4 Å². The van der Waals surface area contributed by atoms with Crippen LogP contribution in [-0.2, 0) is 0 Å². The van der Waals surface area contributed by atoms with Gasteiger partial charge in [0, 0.05) is 35.9 Å². The van der Waals surface area contributed by atoms with E-state index in [0.717, 1.165) is 22.5 Å². The van der Waals surface area contributed by atoms with Gasteiger partial charge in [-0.1, -0.05) is 12.1 Å². The molecule has 0 atom stereocenters. The Kier molecular flexibility index (Phi) is 4.91. The minimum atomic E-state index is -0.511. The highest BCUT2D eigenvalue weighted by Crippen LogP contribution is 2.37. The molecule has 3 heterocycles. The molecule has 3 N–H and O–H groups in total. The van der Waals surface area contributed by atoms with Crippen molar-refractivity contribution in [3.05, 3.63) is 112 Å². The molecule has 158 valence electrons. The zero-order valence-electron chi connectivity index (χ0n) is 16.9. The molecule has 1 aliphatic heterocycles. The number of para-hydroxylation sites is 1. The average molecular weight is 426 g/mol. The zero-order chi connectivity index (χ0) is 22.1. The van der Waals surface area contributed by atoms with Gasteiger partial charge in [-0.15, -0.1) is 0 Å². The highest BCUT2D eigenvalue weighted by atomic mass is 19.1. The van der Waals surface area contributed by atoms with Gasteiger partial charge in [0.1, 0.15) is 11.4 Å². The predicted molar refractivity (Wildman–Crippen MR) is 124 cm³/mol. The molecule has 0 saturated heterocycles. The topological polar surface area (TPSA) is 78.9 Å². The number of H-pyrrole nitrogens is 1. The number of carbonyl (C=O) groups is 1. The third kappa shape index (κ3) is 3.60. The normalized spacial score (nSPS) is 13.6. The van der Waals surface area contributed by atoms with E-state index < -0.39 is 17.3 Å². The van der Waals surface area contributed by atoms with Gasteiger partial charge in [-0.25, -0.2) is 4.39 Å². The number of pyridine rings is 1. The van der Waals surface area contributed by atoms with Gasteiger partial charge in [0.25, 0.3) is 11.5 Å². The molecular formula is C25H19FN4O2. The van der Waals surface area contributed by atoms with E-state index >= 15 is 0 Å². The summed E-state index contributed by atoms with van der Waals surface area (Å²) in [6, 6.07) is 18.2. The molecule has 2 aromatic heterocycles. The van der Waals surface area contributed by atoms with Crippen LogP contribution >= 0.6 is 0 Å². The van der Waals surface area contributed by atoms with Gasteiger partial charge in [-0.05, 0) is 66.2 Å². The van der Waals surface area contributed by atoms with Crippen molar-refractivity contribution in [1.82, 2.24) is 9.55 Å². The van der Waals surface area contributed by atoms with Crippen molar-refractivity contribution >= 4 is 28.9 Å². The number of hydrogen-bond acceptors (Lipinski definition) is 3. The number of anilines is 2. The molecule has 1 amide bonds. The molecule has 2 aromatic carbocycles. The molecule has 0 aliphatic carbocycles. The standard InChI is InChI=1S/C25H19FN4O2/c26-17-8-10-19(11-9-17)30-13-3-6-21(25(30)32)24(31)29-22-7-1-5-20-16(15-28-23(20)22)14-18-4-2-12-27-18/h1-14,27-28H,15H2,(H,29,31). The highest BCUT2D eigenvalue weighted by Gasteiger charge is 2.21. The second-order valence-electron chi connectivity index (χ2n) is 7.40. The molecule has 7 heteroatoms. The number of aromatic amines is 1. The van der Waals surface area contributed by atoms with Crippen LogP contribution in [0.15, 0.2) is 83.9 Å². The summed E-state index contributed by atoms with van der Waals surface area (Å²) in [4.78, 5) is 29.1. The van der Waals surface area contributed by atoms with E-state index in [9.17, 15) is 14.0 Å². The fourth-order valence-electron chi connectivity index (χ4n) is 3.81. The third-order valence-electron chi connectivity index (χ3n) is 5.36. The van der Waals surface area contributed by atoms with E-state index in [0.29, 0.717) is 17.9 Å². The summed E-state index contributed by atoms with van der Waals surface area (Å²) in [6.07, 6.45) is 5.47. The highest BCUT2D eigenvalue weighted by molar-refractivity contribution is 6.08. The molecule has 0 fully saturated rings. The molecule has 32 heavy (non-hydrogen) atoms. The van der Waals surface area contributed by atoms with Crippen LogP contribution in [0.25, 0.3) is 17.3 Å². The predicted octanol–water partition coefficient (Wildman–Crippen LogP) is 4.52. The number of nitrogens with zero attached hydrogens (tertiary/aromatic N) is 1. The number of rotatable bonds is 4. The molecule has 1 aliphatic rings. The van der Waals surface area contributed by atoms with Crippen LogP contribution in [0.5, 0.6) is 0 Å². The maximum atomic E-state index is 13.2. The quantitative estimate of drug-likeness (QED) is 0.449. The van der Waals surface area contributed by atoms with Crippen molar-refractivity contribution in [3.63, 3.8) is 0 Å². The van der Waals surface area contributed by atoms with Gasteiger partial charge in [-0.3, -0.25) is 14.2 Å². The second kappa shape index (κ2) is 8.03. The minimum absolute atomic E-state index is 0.00502. The summed E-state index contributed by atoms with van der Waals surface area (Å²) in [5.41, 5.74) is 4.49. The first-order valence-corrected chi connectivity index (χ1v) is 10.1. The molecule has 4 aromatic rings. The minimum Gasteiger partial charge on any atom is -0.379 e. The number of nitrogens with one attached hydrogen (secondary N) is 3. The van der Waals surface area contributed by atoms with Crippen LogP contribution < -0.4 is 16.2 Å². The van der Waals surface area contributed by atoms with Crippen LogP contribution in [0.1, 0.15) is 21.6 Å². The summed E-state index contributed by atoms with van der Waals surface area (Å²) in [5, 5.41) is 6.19. The first kappa shape index (κ1) is 19.6. The molecular weight excluding hydrogens is 407 g/mol. The SMILES string of the molecule is O=C(Nc1cccc2c1NCC2=Cc1ccc[nH]1)c1cccn(-c2ccc(F)cc2)c1=O. The summed E-state index contributed by atoms with van der Waals surface area (Å²) in [5.74, 6) is -0.908. The third-order valence-corrected chi connectivity index (χ3v) is 5.36. The maximum absolute atomic E-state index is 13.2. The molecule has 0 bridgehead atoms.